The van der Waals surface area contributed by atoms with Gasteiger partial charge in [-0.25, -0.2) is 9.97 Å². The van der Waals surface area contributed by atoms with Crippen LogP contribution in [0.4, 0.5) is 5.82 Å². The van der Waals surface area contributed by atoms with E-state index in [4.69, 9.17) is 17.3 Å². The normalized spacial score (nSPS) is 18.9. The van der Waals surface area contributed by atoms with Crippen LogP contribution in [0.15, 0.2) is 12.5 Å². The highest BCUT2D eigenvalue weighted by Gasteiger charge is 2.20. The first kappa shape index (κ1) is 13.5. The Morgan fingerprint density at radius 3 is 2.72 bits per heavy atom. The third kappa shape index (κ3) is 3.31. The fourth-order valence-corrected chi connectivity index (χ4v) is 2.42. The maximum atomic E-state index is 6.10. The van der Waals surface area contributed by atoms with E-state index >= 15 is 0 Å². The van der Waals surface area contributed by atoms with Gasteiger partial charge in [0.25, 0.3) is 0 Å². The summed E-state index contributed by atoms with van der Waals surface area (Å²) in [4.78, 5) is 12.8. The van der Waals surface area contributed by atoms with E-state index in [0.717, 1.165) is 45.1 Å². The zero-order chi connectivity index (χ0) is 13.0. The highest BCUT2D eigenvalue weighted by molar-refractivity contribution is 6.32. The van der Waals surface area contributed by atoms with Crippen molar-refractivity contribution in [2.75, 3.05) is 44.2 Å². The summed E-state index contributed by atoms with van der Waals surface area (Å²) in [5.74, 6) is 1.40. The van der Waals surface area contributed by atoms with Crippen LogP contribution in [0.25, 0.3) is 0 Å². The minimum atomic E-state index is 0.555. The maximum Gasteiger partial charge on any atom is 0.150 e. The number of aromatic nitrogens is 2. The van der Waals surface area contributed by atoms with Gasteiger partial charge in [0.05, 0.1) is 6.20 Å². The standard InChI is InChI=1S/C12H20ClN5/c1-10(6-14)8-17-2-4-18(5-3-17)12-11(13)7-15-9-16-12/h7,9-10H,2-6,8,14H2,1H3. The van der Waals surface area contributed by atoms with Gasteiger partial charge in [0, 0.05) is 32.7 Å². The van der Waals surface area contributed by atoms with Gasteiger partial charge in [-0.1, -0.05) is 18.5 Å². The fourth-order valence-electron chi connectivity index (χ4n) is 2.20. The van der Waals surface area contributed by atoms with E-state index in [1.54, 1.807) is 12.5 Å². The molecular weight excluding hydrogens is 250 g/mol. The Morgan fingerprint density at radius 2 is 2.11 bits per heavy atom. The predicted octanol–water partition coefficient (Wildman–Crippen LogP) is 0.847. The lowest BCUT2D eigenvalue weighted by Gasteiger charge is -2.36. The van der Waals surface area contributed by atoms with Crippen LogP contribution in [0.3, 0.4) is 0 Å². The van der Waals surface area contributed by atoms with Crippen molar-refractivity contribution in [3.63, 3.8) is 0 Å². The first-order chi connectivity index (χ1) is 8.70. The highest BCUT2D eigenvalue weighted by atomic mass is 35.5. The number of nitrogens with two attached hydrogens (primary N) is 1. The molecule has 1 aromatic rings. The number of anilines is 1. The molecule has 1 atom stereocenters. The lowest BCUT2D eigenvalue weighted by molar-refractivity contribution is 0.227. The molecule has 2 heterocycles. The van der Waals surface area contributed by atoms with Crippen molar-refractivity contribution in [2.24, 2.45) is 11.7 Å². The zero-order valence-electron chi connectivity index (χ0n) is 10.7. The van der Waals surface area contributed by atoms with Crippen LogP contribution >= 0.6 is 11.6 Å². The van der Waals surface area contributed by atoms with Crippen LogP contribution in [-0.2, 0) is 0 Å². The van der Waals surface area contributed by atoms with Crippen molar-refractivity contribution in [1.82, 2.24) is 14.9 Å². The van der Waals surface area contributed by atoms with Gasteiger partial charge in [-0.2, -0.15) is 0 Å². The third-order valence-corrected chi connectivity index (χ3v) is 3.56. The SMILES string of the molecule is CC(CN)CN1CCN(c2ncncc2Cl)CC1. The van der Waals surface area contributed by atoms with E-state index in [0.29, 0.717) is 10.9 Å². The van der Waals surface area contributed by atoms with Gasteiger partial charge in [0.2, 0.25) is 0 Å². The van der Waals surface area contributed by atoms with Gasteiger partial charge in [-0.05, 0) is 12.5 Å². The van der Waals surface area contributed by atoms with Gasteiger partial charge in [-0.3, -0.25) is 4.90 Å². The minimum Gasteiger partial charge on any atom is -0.353 e. The van der Waals surface area contributed by atoms with Gasteiger partial charge < -0.3 is 10.6 Å². The minimum absolute atomic E-state index is 0.555. The average molecular weight is 270 g/mol. The topological polar surface area (TPSA) is 58.3 Å². The summed E-state index contributed by atoms with van der Waals surface area (Å²) in [6.07, 6.45) is 3.19. The summed E-state index contributed by atoms with van der Waals surface area (Å²) in [5.41, 5.74) is 5.66. The highest BCUT2D eigenvalue weighted by Crippen LogP contribution is 2.22. The Balaban J connectivity index is 1.89. The Hall–Kier alpha value is -0.910. The summed E-state index contributed by atoms with van der Waals surface area (Å²) in [6, 6.07) is 0. The van der Waals surface area contributed by atoms with Gasteiger partial charge in [0.15, 0.2) is 5.82 Å². The largest absolute Gasteiger partial charge is 0.353 e. The van der Waals surface area contributed by atoms with Gasteiger partial charge in [0.1, 0.15) is 11.3 Å². The molecule has 0 amide bonds. The molecule has 1 unspecified atom stereocenters. The number of rotatable bonds is 4. The maximum absolute atomic E-state index is 6.10. The molecule has 1 aliphatic rings. The second-order valence-electron chi connectivity index (χ2n) is 4.82. The van der Waals surface area contributed by atoms with Crippen LogP contribution < -0.4 is 10.6 Å². The Labute approximate surface area is 113 Å². The first-order valence-electron chi connectivity index (χ1n) is 6.33. The van der Waals surface area contributed by atoms with Gasteiger partial charge in [-0.15, -0.1) is 0 Å². The molecule has 0 radical (unpaired) electrons. The molecular formula is C12H20ClN5. The molecule has 1 saturated heterocycles. The molecule has 0 saturated carbocycles. The van der Waals surface area contributed by atoms with Crippen molar-refractivity contribution in [3.05, 3.63) is 17.5 Å². The van der Waals surface area contributed by atoms with E-state index in [1.807, 2.05) is 0 Å². The van der Waals surface area contributed by atoms with E-state index in [9.17, 15) is 0 Å². The predicted molar refractivity (Wildman–Crippen MR) is 73.9 cm³/mol. The van der Waals surface area contributed by atoms with Crippen LogP contribution in [0.2, 0.25) is 5.02 Å². The summed E-state index contributed by atoms with van der Waals surface area (Å²) in [5, 5.41) is 0.626. The van der Waals surface area contributed by atoms with Crippen molar-refractivity contribution in [1.29, 1.82) is 0 Å². The Morgan fingerprint density at radius 1 is 1.39 bits per heavy atom. The van der Waals surface area contributed by atoms with Crippen LogP contribution in [-0.4, -0.2) is 54.1 Å². The second kappa shape index (κ2) is 6.31. The van der Waals surface area contributed by atoms with E-state index in [2.05, 4.69) is 26.7 Å². The second-order valence-corrected chi connectivity index (χ2v) is 5.23. The molecule has 0 aliphatic carbocycles. The number of hydrogen-bond acceptors (Lipinski definition) is 5. The quantitative estimate of drug-likeness (QED) is 0.878. The molecule has 1 aliphatic heterocycles. The lowest BCUT2D eigenvalue weighted by atomic mass is 10.1. The summed E-state index contributed by atoms with van der Waals surface area (Å²) in [7, 11) is 0. The molecule has 1 aromatic heterocycles. The lowest BCUT2D eigenvalue weighted by Crippen LogP contribution is -2.48. The van der Waals surface area contributed by atoms with E-state index < -0.39 is 0 Å². The van der Waals surface area contributed by atoms with Gasteiger partial charge >= 0.3 is 0 Å². The average Bonchev–Trinajstić information content (AvgIpc) is 2.40. The Bertz CT molecular complexity index is 378. The molecule has 0 spiro atoms. The summed E-state index contributed by atoms with van der Waals surface area (Å²) in [6.45, 7) is 7.98. The number of nitrogens with zero attached hydrogens (tertiary/aromatic N) is 4. The number of halogens is 1. The molecule has 1 fully saturated rings. The number of piperazine rings is 1. The van der Waals surface area contributed by atoms with E-state index in [1.165, 1.54) is 0 Å². The first-order valence-corrected chi connectivity index (χ1v) is 6.71. The zero-order valence-corrected chi connectivity index (χ0v) is 11.5. The van der Waals surface area contributed by atoms with Crippen molar-refractivity contribution >= 4 is 17.4 Å². The van der Waals surface area contributed by atoms with Crippen LogP contribution in [0, 0.1) is 5.92 Å². The summed E-state index contributed by atoms with van der Waals surface area (Å²) >= 11 is 6.10. The molecule has 2 N–H and O–H groups in total. The van der Waals surface area contributed by atoms with Crippen molar-refractivity contribution in [2.45, 2.75) is 6.92 Å². The van der Waals surface area contributed by atoms with E-state index in [-0.39, 0.29) is 0 Å². The molecule has 0 aromatic carbocycles. The summed E-state index contributed by atoms with van der Waals surface area (Å²) < 4.78 is 0. The van der Waals surface area contributed by atoms with Crippen LogP contribution in [0.5, 0.6) is 0 Å². The molecule has 2 rings (SSSR count). The number of hydrogen-bond donors (Lipinski definition) is 1. The monoisotopic (exact) mass is 269 g/mol. The molecule has 6 heteroatoms. The fraction of sp³-hybridized carbons (Fsp3) is 0.667. The molecule has 0 bridgehead atoms. The Kier molecular flexibility index (Phi) is 4.74. The van der Waals surface area contributed by atoms with Crippen LogP contribution in [0.1, 0.15) is 6.92 Å². The smallest absolute Gasteiger partial charge is 0.150 e. The third-order valence-electron chi connectivity index (χ3n) is 3.29. The molecule has 100 valence electrons. The van der Waals surface area contributed by atoms with Crippen molar-refractivity contribution in [3.8, 4) is 0 Å². The molecule has 5 nitrogen and oxygen atoms in total. The van der Waals surface area contributed by atoms with Crippen molar-refractivity contribution < 1.29 is 0 Å². The molecule has 18 heavy (non-hydrogen) atoms.